The van der Waals surface area contributed by atoms with Crippen molar-refractivity contribution in [1.29, 1.82) is 0 Å². The summed E-state index contributed by atoms with van der Waals surface area (Å²) in [6.07, 6.45) is 3.27. The molecule has 3 heteroatoms. The zero-order valence-corrected chi connectivity index (χ0v) is 11.2. The van der Waals surface area contributed by atoms with Gasteiger partial charge in [-0.15, -0.1) is 0 Å². The molecule has 1 unspecified atom stereocenters. The summed E-state index contributed by atoms with van der Waals surface area (Å²) in [6, 6.07) is 0.407. The van der Waals surface area contributed by atoms with E-state index in [-0.39, 0.29) is 11.7 Å². The molecular weight excluding hydrogens is 202 g/mol. The number of carbonyl (C=O) groups is 1. The Hall–Kier alpha value is -0.730. The Labute approximate surface area is 99.1 Å². The number of likely N-dealkylation sites (tertiary alicyclic amines) is 1. The summed E-state index contributed by atoms with van der Waals surface area (Å²) in [4.78, 5) is 13.7. The predicted octanol–water partition coefficient (Wildman–Crippen LogP) is 3.43. The number of rotatable bonds is 3. The fourth-order valence-electron chi connectivity index (χ4n) is 1.88. The molecule has 3 nitrogen and oxygen atoms in total. The Balaban J connectivity index is 2.40. The summed E-state index contributed by atoms with van der Waals surface area (Å²) in [5.74, 6) is 0.690. The highest BCUT2D eigenvalue weighted by molar-refractivity contribution is 5.69. The van der Waals surface area contributed by atoms with Crippen LogP contribution in [0.15, 0.2) is 0 Å². The minimum Gasteiger partial charge on any atom is -0.444 e. The van der Waals surface area contributed by atoms with E-state index >= 15 is 0 Å². The van der Waals surface area contributed by atoms with Crippen molar-refractivity contribution in [3.63, 3.8) is 0 Å². The van der Waals surface area contributed by atoms with E-state index in [0.29, 0.717) is 12.0 Å². The molecule has 0 aromatic carbocycles. The monoisotopic (exact) mass is 227 g/mol. The minimum absolute atomic E-state index is 0.146. The van der Waals surface area contributed by atoms with Gasteiger partial charge < -0.3 is 9.64 Å². The summed E-state index contributed by atoms with van der Waals surface area (Å²) < 4.78 is 5.37. The molecule has 94 valence electrons. The lowest BCUT2D eigenvalue weighted by molar-refractivity contribution is -0.00924. The molecule has 1 aliphatic rings. The number of carbonyl (C=O) groups excluding carboxylic acids is 1. The van der Waals surface area contributed by atoms with Gasteiger partial charge in [0.2, 0.25) is 0 Å². The molecule has 0 saturated carbocycles. The highest BCUT2D eigenvalue weighted by Gasteiger charge is 2.35. The molecule has 2 atom stereocenters. The summed E-state index contributed by atoms with van der Waals surface area (Å²) in [5.41, 5.74) is -0.381. The van der Waals surface area contributed by atoms with E-state index in [9.17, 15) is 4.79 Å². The van der Waals surface area contributed by atoms with E-state index in [0.717, 1.165) is 19.4 Å². The van der Waals surface area contributed by atoms with Crippen molar-refractivity contribution in [3.05, 3.63) is 0 Å². The predicted molar refractivity (Wildman–Crippen MR) is 65.4 cm³/mol. The lowest BCUT2D eigenvalue weighted by atomic mass is 9.91. The van der Waals surface area contributed by atoms with Gasteiger partial charge in [0, 0.05) is 12.6 Å². The van der Waals surface area contributed by atoms with Crippen LogP contribution in [0.25, 0.3) is 0 Å². The molecule has 1 rings (SSSR count). The van der Waals surface area contributed by atoms with E-state index in [4.69, 9.17) is 4.74 Å². The van der Waals surface area contributed by atoms with Crippen LogP contribution in [0.5, 0.6) is 0 Å². The maximum absolute atomic E-state index is 11.8. The summed E-state index contributed by atoms with van der Waals surface area (Å²) in [7, 11) is 0. The lowest BCUT2D eigenvalue weighted by Gasteiger charge is -2.42. The Morgan fingerprint density at radius 1 is 1.50 bits per heavy atom. The topological polar surface area (TPSA) is 29.5 Å². The molecule has 1 fully saturated rings. The fourth-order valence-corrected chi connectivity index (χ4v) is 1.88. The first kappa shape index (κ1) is 13.3. The smallest absolute Gasteiger partial charge is 0.410 e. The normalized spacial score (nSPS) is 22.6. The van der Waals surface area contributed by atoms with Crippen molar-refractivity contribution in [1.82, 2.24) is 4.90 Å². The van der Waals surface area contributed by atoms with Gasteiger partial charge in [0.1, 0.15) is 5.60 Å². The van der Waals surface area contributed by atoms with Crippen LogP contribution in [-0.4, -0.2) is 29.2 Å². The number of hydrogen-bond acceptors (Lipinski definition) is 2. The van der Waals surface area contributed by atoms with Gasteiger partial charge in [-0.25, -0.2) is 4.79 Å². The van der Waals surface area contributed by atoms with E-state index in [2.05, 4.69) is 13.8 Å². The van der Waals surface area contributed by atoms with Crippen LogP contribution in [0.4, 0.5) is 4.79 Å². The quantitative estimate of drug-likeness (QED) is 0.739. The Kier molecular flexibility index (Phi) is 4.22. The Bertz CT molecular complexity index is 245. The van der Waals surface area contributed by atoms with Gasteiger partial charge in [-0.05, 0) is 39.5 Å². The van der Waals surface area contributed by atoms with Crippen molar-refractivity contribution in [2.24, 2.45) is 5.92 Å². The van der Waals surface area contributed by atoms with E-state index in [1.54, 1.807) is 0 Å². The third-order valence-corrected chi connectivity index (χ3v) is 3.14. The molecule has 0 aromatic heterocycles. The highest BCUT2D eigenvalue weighted by atomic mass is 16.6. The van der Waals surface area contributed by atoms with Gasteiger partial charge >= 0.3 is 6.09 Å². The van der Waals surface area contributed by atoms with Gasteiger partial charge in [-0.1, -0.05) is 20.3 Å². The van der Waals surface area contributed by atoms with E-state index in [1.807, 2.05) is 25.7 Å². The molecule has 1 amide bonds. The Morgan fingerprint density at radius 3 is 2.50 bits per heavy atom. The third kappa shape index (κ3) is 3.69. The molecule has 0 spiro atoms. The van der Waals surface area contributed by atoms with Crippen LogP contribution in [-0.2, 0) is 4.74 Å². The molecule has 0 aliphatic carbocycles. The zero-order chi connectivity index (χ0) is 12.3. The summed E-state index contributed by atoms with van der Waals surface area (Å²) in [6.45, 7) is 11.0. The molecule has 1 saturated heterocycles. The number of nitrogens with zero attached hydrogens (tertiary/aromatic N) is 1. The number of ether oxygens (including phenoxy) is 1. The maximum atomic E-state index is 11.8. The summed E-state index contributed by atoms with van der Waals surface area (Å²) in [5, 5.41) is 0. The van der Waals surface area contributed by atoms with Gasteiger partial charge in [0.05, 0.1) is 0 Å². The molecule has 0 radical (unpaired) electrons. The average molecular weight is 227 g/mol. The zero-order valence-electron chi connectivity index (χ0n) is 11.2. The highest BCUT2D eigenvalue weighted by Crippen LogP contribution is 2.27. The maximum Gasteiger partial charge on any atom is 0.410 e. The molecular formula is C13H25NO2. The van der Waals surface area contributed by atoms with E-state index < -0.39 is 0 Å². The van der Waals surface area contributed by atoms with E-state index in [1.165, 1.54) is 6.42 Å². The van der Waals surface area contributed by atoms with Crippen LogP contribution in [0, 0.1) is 5.92 Å². The van der Waals surface area contributed by atoms with Crippen LogP contribution < -0.4 is 0 Å². The van der Waals surface area contributed by atoms with Crippen molar-refractivity contribution in [2.75, 3.05) is 6.54 Å². The SMILES string of the molecule is CC[C@H](C)CC1CCN1C(=O)OC(C)(C)C. The molecule has 16 heavy (non-hydrogen) atoms. The Morgan fingerprint density at radius 2 is 2.12 bits per heavy atom. The van der Waals surface area contributed by atoms with Crippen molar-refractivity contribution < 1.29 is 9.53 Å². The van der Waals surface area contributed by atoms with Gasteiger partial charge in [-0.2, -0.15) is 0 Å². The second-order valence-electron chi connectivity index (χ2n) is 5.87. The second-order valence-corrected chi connectivity index (χ2v) is 5.87. The molecule has 0 N–H and O–H groups in total. The number of hydrogen-bond donors (Lipinski definition) is 0. The lowest BCUT2D eigenvalue weighted by Crippen LogP contribution is -2.53. The summed E-state index contributed by atoms with van der Waals surface area (Å²) >= 11 is 0. The molecule has 0 bridgehead atoms. The fraction of sp³-hybridized carbons (Fsp3) is 0.923. The first-order valence-corrected chi connectivity index (χ1v) is 6.33. The van der Waals surface area contributed by atoms with Gasteiger partial charge in [-0.3, -0.25) is 0 Å². The first-order valence-electron chi connectivity index (χ1n) is 6.33. The van der Waals surface area contributed by atoms with Crippen LogP contribution in [0.3, 0.4) is 0 Å². The third-order valence-electron chi connectivity index (χ3n) is 3.14. The van der Waals surface area contributed by atoms with Crippen LogP contribution in [0.1, 0.15) is 53.9 Å². The largest absolute Gasteiger partial charge is 0.444 e. The standard InChI is InChI=1S/C13H25NO2/c1-6-10(2)9-11-7-8-14(11)12(15)16-13(3,4)5/h10-11H,6-9H2,1-5H3/t10-,11?/m0/s1. The van der Waals surface area contributed by atoms with Crippen molar-refractivity contribution in [2.45, 2.75) is 65.5 Å². The molecule has 0 aromatic rings. The molecule has 1 heterocycles. The first-order chi connectivity index (χ1) is 7.33. The average Bonchev–Trinajstić information content (AvgIpc) is 2.08. The van der Waals surface area contributed by atoms with Crippen LogP contribution in [0.2, 0.25) is 0 Å². The number of amides is 1. The van der Waals surface area contributed by atoms with Crippen LogP contribution >= 0.6 is 0 Å². The van der Waals surface area contributed by atoms with Crippen molar-refractivity contribution >= 4 is 6.09 Å². The minimum atomic E-state index is -0.381. The van der Waals surface area contributed by atoms with Crippen molar-refractivity contribution in [3.8, 4) is 0 Å². The van der Waals surface area contributed by atoms with Gasteiger partial charge in [0.25, 0.3) is 0 Å². The second kappa shape index (κ2) is 5.07. The van der Waals surface area contributed by atoms with Gasteiger partial charge in [0.15, 0.2) is 0 Å². The molecule has 1 aliphatic heterocycles.